The van der Waals surface area contributed by atoms with E-state index in [0.717, 1.165) is 0 Å². The van der Waals surface area contributed by atoms with E-state index in [2.05, 4.69) is 10.5 Å². The first-order valence-electron chi connectivity index (χ1n) is 6.88. The lowest BCUT2D eigenvalue weighted by Crippen LogP contribution is -2.24. The summed E-state index contributed by atoms with van der Waals surface area (Å²) in [5.41, 5.74) is 2.88. The standard InChI is InChI=1S/C16H11ClN4O4/c17-14-6-3-12(7-15(14)21(23)24)9-19-20-16(22)10-25-13-4-1-11(8-18)2-5-13/h1-7,9H,10H2,(H,20,22)/b19-9+. The average Bonchev–Trinajstić information content (AvgIpc) is 2.61. The third-order valence-electron chi connectivity index (χ3n) is 2.92. The number of nitrogens with zero attached hydrogens (tertiary/aromatic N) is 3. The fourth-order valence-electron chi connectivity index (χ4n) is 1.74. The van der Waals surface area contributed by atoms with E-state index in [-0.39, 0.29) is 17.3 Å². The predicted molar refractivity (Wildman–Crippen MR) is 90.5 cm³/mol. The first-order chi connectivity index (χ1) is 12.0. The number of hydrazone groups is 1. The van der Waals surface area contributed by atoms with Gasteiger partial charge in [-0.05, 0) is 30.3 Å². The number of hydrogen-bond donors (Lipinski definition) is 1. The minimum absolute atomic E-state index is 0.0157. The Labute approximate surface area is 147 Å². The van der Waals surface area contributed by atoms with Gasteiger partial charge >= 0.3 is 0 Å². The third-order valence-corrected chi connectivity index (χ3v) is 3.24. The number of nitro groups is 1. The molecule has 126 valence electrons. The summed E-state index contributed by atoms with van der Waals surface area (Å²) in [4.78, 5) is 21.8. The van der Waals surface area contributed by atoms with Crippen LogP contribution in [0.15, 0.2) is 47.6 Å². The number of nitriles is 1. The maximum absolute atomic E-state index is 11.6. The number of hydrogen-bond acceptors (Lipinski definition) is 6. The van der Waals surface area contributed by atoms with Crippen LogP contribution in [0.25, 0.3) is 0 Å². The number of benzene rings is 2. The van der Waals surface area contributed by atoms with Crippen molar-refractivity contribution in [1.29, 1.82) is 5.26 Å². The highest BCUT2D eigenvalue weighted by Crippen LogP contribution is 2.24. The molecule has 0 atom stereocenters. The molecule has 1 N–H and O–H groups in total. The van der Waals surface area contributed by atoms with Crippen molar-refractivity contribution in [1.82, 2.24) is 5.43 Å². The second-order valence-electron chi connectivity index (χ2n) is 4.69. The Morgan fingerprint density at radius 2 is 2.08 bits per heavy atom. The van der Waals surface area contributed by atoms with Gasteiger partial charge in [-0.25, -0.2) is 5.43 Å². The van der Waals surface area contributed by atoms with Crippen molar-refractivity contribution >= 4 is 29.4 Å². The lowest BCUT2D eigenvalue weighted by molar-refractivity contribution is -0.384. The zero-order valence-electron chi connectivity index (χ0n) is 12.7. The van der Waals surface area contributed by atoms with Gasteiger partial charge in [0.05, 0.1) is 22.8 Å². The van der Waals surface area contributed by atoms with E-state index in [4.69, 9.17) is 21.6 Å². The third kappa shape index (κ3) is 5.30. The maximum atomic E-state index is 11.6. The summed E-state index contributed by atoms with van der Waals surface area (Å²) >= 11 is 5.70. The van der Waals surface area contributed by atoms with Crippen molar-refractivity contribution in [3.8, 4) is 11.8 Å². The number of ether oxygens (including phenoxy) is 1. The number of carbonyl (C=O) groups is 1. The van der Waals surface area contributed by atoms with Gasteiger partial charge in [0.15, 0.2) is 6.61 Å². The second kappa shape index (κ2) is 8.42. The van der Waals surface area contributed by atoms with Crippen LogP contribution in [0.2, 0.25) is 5.02 Å². The largest absolute Gasteiger partial charge is 0.484 e. The molecule has 0 aliphatic rings. The van der Waals surface area contributed by atoms with Gasteiger partial charge < -0.3 is 4.74 Å². The predicted octanol–water partition coefficient (Wildman–Crippen LogP) is 2.65. The molecule has 0 aromatic heterocycles. The molecular formula is C16H11ClN4O4. The molecule has 0 heterocycles. The van der Waals surface area contributed by atoms with Crippen LogP contribution in [-0.4, -0.2) is 23.7 Å². The average molecular weight is 359 g/mol. The lowest BCUT2D eigenvalue weighted by atomic mass is 10.2. The zero-order chi connectivity index (χ0) is 18.2. The number of nitrogens with one attached hydrogen (secondary N) is 1. The molecule has 9 heteroatoms. The van der Waals surface area contributed by atoms with Gasteiger partial charge in [0.2, 0.25) is 0 Å². The molecule has 0 spiro atoms. The van der Waals surface area contributed by atoms with E-state index in [1.54, 1.807) is 24.3 Å². The molecule has 0 saturated heterocycles. The van der Waals surface area contributed by atoms with Crippen molar-refractivity contribution in [3.63, 3.8) is 0 Å². The summed E-state index contributed by atoms with van der Waals surface area (Å²) in [7, 11) is 0. The van der Waals surface area contributed by atoms with E-state index >= 15 is 0 Å². The molecule has 2 aromatic rings. The number of carbonyl (C=O) groups excluding carboxylic acids is 1. The Balaban J connectivity index is 1.87. The first-order valence-corrected chi connectivity index (χ1v) is 7.26. The molecule has 0 radical (unpaired) electrons. The van der Waals surface area contributed by atoms with Crippen LogP contribution < -0.4 is 10.2 Å². The molecule has 0 saturated carbocycles. The number of nitro benzene ring substituents is 1. The molecule has 2 aromatic carbocycles. The maximum Gasteiger partial charge on any atom is 0.288 e. The molecule has 0 bridgehead atoms. The molecule has 0 aliphatic heterocycles. The van der Waals surface area contributed by atoms with Crippen LogP contribution in [0.1, 0.15) is 11.1 Å². The van der Waals surface area contributed by atoms with E-state index in [1.165, 1.54) is 24.4 Å². The van der Waals surface area contributed by atoms with Crippen molar-refractivity contribution in [2.24, 2.45) is 5.10 Å². The Bertz CT molecular complexity index is 859. The molecular weight excluding hydrogens is 348 g/mol. The van der Waals surface area contributed by atoms with E-state index in [9.17, 15) is 14.9 Å². The molecule has 0 unspecified atom stereocenters. The summed E-state index contributed by atoms with van der Waals surface area (Å²) in [5, 5.41) is 23.2. The van der Waals surface area contributed by atoms with Crippen molar-refractivity contribution in [2.75, 3.05) is 6.61 Å². The monoisotopic (exact) mass is 358 g/mol. The first kappa shape index (κ1) is 17.9. The molecule has 2 rings (SSSR count). The van der Waals surface area contributed by atoms with Crippen molar-refractivity contribution in [3.05, 3.63) is 68.7 Å². The van der Waals surface area contributed by atoms with Gasteiger partial charge in [-0.1, -0.05) is 17.7 Å². The van der Waals surface area contributed by atoms with Crippen LogP contribution in [0, 0.1) is 21.4 Å². The van der Waals surface area contributed by atoms with Gasteiger partial charge in [-0.2, -0.15) is 10.4 Å². The van der Waals surface area contributed by atoms with Gasteiger partial charge in [0, 0.05) is 11.6 Å². The van der Waals surface area contributed by atoms with E-state index in [0.29, 0.717) is 16.9 Å². The van der Waals surface area contributed by atoms with Crippen molar-refractivity contribution < 1.29 is 14.5 Å². The minimum atomic E-state index is -0.607. The number of amides is 1. The molecule has 1 amide bonds. The van der Waals surface area contributed by atoms with Gasteiger partial charge in [-0.3, -0.25) is 14.9 Å². The number of halogens is 1. The molecule has 0 fully saturated rings. The summed E-state index contributed by atoms with van der Waals surface area (Å²) in [5.74, 6) is -0.0736. The molecule has 8 nitrogen and oxygen atoms in total. The van der Waals surface area contributed by atoms with Gasteiger partial charge in [0.25, 0.3) is 11.6 Å². The Kier molecular flexibility index (Phi) is 6.03. The minimum Gasteiger partial charge on any atom is -0.484 e. The SMILES string of the molecule is N#Cc1ccc(OCC(=O)N/N=C/c2ccc(Cl)c([N+](=O)[O-])c2)cc1. The Morgan fingerprint density at radius 3 is 2.72 bits per heavy atom. The van der Waals surface area contributed by atoms with Crippen LogP contribution in [-0.2, 0) is 4.79 Å². The van der Waals surface area contributed by atoms with Crippen molar-refractivity contribution in [2.45, 2.75) is 0 Å². The van der Waals surface area contributed by atoms with Crippen LogP contribution in [0.3, 0.4) is 0 Å². The Hall–Kier alpha value is -3.44. The quantitative estimate of drug-likeness (QED) is 0.484. The summed E-state index contributed by atoms with van der Waals surface area (Å²) in [6.45, 7) is -0.274. The molecule has 0 aliphatic carbocycles. The summed E-state index contributed by atoms with van der Waals surface area (Å²) in [6.07, 6.45) is 1.25. The van der Waals surface area contributed by atoms with Crippen LogP contribution in [0.4, 0.5) is 5.69 Å². The highest BCUT2D eigenvalue weighted by molar-refractivity contribution is 6.32. The highest BCUT2D eigenvalue weighted by atomic mass is 35.5. The Morgan fingerprint density at radius 1 is 1.36 bits per heavy atom. The smallest absolute Gasteiger partial charge is 0.288 e. The van der Waals surface area contributed by atoms with E-state index in [1.807, 2.05) is 6.07 Å². The fourth-order valence-corrected chi connectivity index (χ4v) is 1.92. The lowest BCUT2D eigenvalue weighted by Gasteiger charge is -2.04. The number of rotatable bonds is 6. The van der Waals surface area contributed by atoms with E-state index < -0.39 is 10.8 Å². The molecule has 25 heavy (non-hydrogen) atoms. The normalized spacial score (nSPS) is 10.2. The second-order valence-corrected chi connectivity index (χ2v) is 5.09. The van der Waals surface area contributed by atoms with Crippen LogP contribution in [0.5, 0.6) is 5.75 Å². The van der Waals surface area contributed by atoms with Gasteiger partial charge in [0.1, 0.15) is 10.8 Å². The summed E-state index contributed by atoms with van der Waals surface area (Å²) < 4.78 is 5.23. The topological polar surface area (TPSA) is 118 Å². The van der Waals surface area contributed by atoms with Crippen LogP contribution >= 0.6 is 11.6 Å². The summed E-state index contributed by atoms with van der Waals surface area (Å²) in [6, 6.07) is 12.4. The fraction of sp³-hybridized carbons (Fsp3) is 0.0625. The highest BCUT2D eigenvalue weighted by Gasteiger charge is 2.11. The zero-order valence-corrected chi connectivity index (χ0v) is 13.4. The van der Waals surface area contributed by atoms with Gasteiger partial charge in [-0.15, -0.1) is 0 Å².